The van der Waals surface area contributed by atoms with E-state index >= 15 is 0 Å². The number of benzene rings is 1. The van der Waals surface area contributed by atoms with Gasteiger partial charge in [-0.2, -0.15) is 0 Å². The zero-order valence-electron chi connectivity index (χ0n) is 10.3. The molecule has 0 amide bonds. The van der Waals surface area contributed by atoms with Crippen LogP contribution in [0.25, 0.3) is 10.9 Å². The standard InChI is InChI=1S/C14H16N2O/c1-14(2,3)13(17)12-8-10(15)9-6-4-5-7-11(9)16-12/h4-8H,1-3H3,(H2,15,16). The lowest BCUT2D eigenvalue weighted by molar-refractivity contribution is 0.0853. The number of ketones is 1. The minimum absolute atomic E-state index is 0.00922. The molecule has 0 unspecified atom stereocenters. The molecule has 0 spiro atoms. The zero-order chi connectivity index (χ0) is 12.6. The zero-order valence-corrected chi connectivity index (χ0v) is 10.3. The van der Waals surface area contributed by atoms with Crippen molar-refractivity contribution in [3.63, 3.8) is 0 Å². The van der Waals surface area contributed by atoms with Crippen molar-refractivity contribution >= 4 is 22.4 Å². The van der Waals surface area contributed by atoms with E-state index in [1.54, 1.807) is 6.07 Å². The topological polar surface area (TPSA) is 56.0 Å². The maximum atomic E-state index is 12.1. The predicted molar refractivity (Wildman–Crippen MR) is 69.9 cm³/mol. The third-order valence-corrected chi connectivity index (χ3v) is 2.66. The Kier molecular flexibility index (Phi) is 2.62. The lowest BCUT2D eigenvalue weighted by atomic mass is 9.88. The number of hydrogen-bond donors (Lipinski definition) is 1. The lowest BCUT2D eigenvalue weighted by Gasteiger charge is -2.16. The maximum Gasteiger partial charge on any atom is 0.186 e. The summed E-state index contributed by atoms with van der Waals surface area (Å²) in [7, 11) is 0. The summed E-state index contributed by atoms with van der Waals surface area (Å²) in [5, 5.41) is 0.887. The first-order chi connectivity index (χ1) is 7.89. The molecule has 17 heavy (non-hydrogen) atoms. The van der Waals surface area contributed by atoms with Crippen LogP contribution >= 0.6 is 0 Å². The number of para-hydroxylation sites is 1. The number of pyridine rings is 1. The summed E-state index contributed by atoms with van der Waals surface area (Å²) in [6, 6.07) is 9.23. The van der Waals surface area contributed by atoms with E-state index in [1.165, 1.54) is 0 Å². The van der Waals surface area contributed by atoms with E-state index in [4.69, 9.17) is 5.73 Å². The Hall–Kier alpha value is -1.90. The molecule has 1 heterocycles. The van der Waals surface area contributed by atoms with Gasteiger partial charge in [0, 0.05) is 16.5 Å². The Morgan fingerprint density at radius 1 is 1.24 bits per heavy atom. The van der Waals surface area contributed by atoms with Crippen LogP contribution in [-0.4, -0.2) is 10.8 Å². The number of carbonyl (C=O) groups is 1. The number of nitrogens with zero attached hydrogens (tertiary/aromatic N) is 1. The van der Waals surface area contributed by atoms with Gasteiger partial charge in [-0.25, -0.2) is 4.98 Å². The van der Waals surface area contributed by atoms with Crippen LogP contribution in [0, 0.1) is 5.41 Å². The number of fused-ring (bicyclic) bond motifs is 1. The van der Waals surface area contributed by atoms with Crippen LogP contribution in [-0.2, 0) is 0 Å². The van der Waals surface area contributed by atoms with E-state index in [0.29, 0.717) is 11.4 Å². The number of rotatable bonds is 1. The summed E-state index contributed by atoms with van der Waals surface area (Å²) in [5.41, 5.74) is 7.31. The van der Waals surface area contributed by atoms with Crippen molar-refractivity contribution in [2.75, 3.05) is 5.73 Å². The Morgan fingerprint density at radius 2 is 1.88 bits per heavy atom. The Bertz CT molecular complexity index is 582. The minimum Gasteiger partial charge on any atom is -0.398 e. The number of hydrogen-bond acceptors (Lipinski definition) is 3. The normalized spacial score (nSPS) is 11.7. The van der Waals surface area contributed by atoms with Gasteiger partial charge in [-0.1, -0.05) is 39.0 Å². The van der Waals surface area contributed by atoms with E-state index < -0.39 is 5.41 Å². The molecular formula is C14H16N2O. The Morgan fingerprint density at radius 3 is 2.53 bits per heavy atom. The SMILES string of the molecule is CC(C)(C)C(=O)c1cc(N)c2ccccc2n1. The molecule has 3 heteroatoms. The van der Waals surface area contributed by atoms with Crippen LogP contribution in [0.5, 0.6) is 0 Å². The minimum atomic E-state index is -0.443. The van der Waals surface area contributed by atoms with Gasteiger partial charge in [0.25, 0.3) is 0 Å². The molecule has 1 aromatic heterocycles. The summed E-state index contributed by atoms with van der Waals surface area (Å²) in [5.74, 6) is 0.00922. The Labute approximate surface area is 101 Å². The van der Waals surface area contributed by atoms with Gasteiger partial charge in [-0.3, -0.25) is 4.79 Å². The van der Waals surface area contributed by atoms with Crippen molar-refractivity contribution in [2.24, 2.45) is 5.41 Å². The Balaban J connectivity index is 2.62. The van der Waals surface area contributed by atoms with Crippen molar-refractivity contribution in [3.05, 3.63) is 36.0 Å². The molecule has 2 rings (SSSR count). The largest absolute Gasteiger partial charge is 0.398 e. The molecule has 0 radical (unpaired) electrons. The quantitative estimate of drug-likeness (QED) is 0.763. The first kappa shape index (κ1) is 11.6. The van der Waals surface area contributed by atoms with Gasteiger partial charge >= 0.3 is 0 Å². The molecule has 2 N–H and O–H groups in total. The first-order valence-electron chi connectivity index (χ1n) is 5.59. The van der Waals surface area contributed by atoms with Crippen molar-refractivity contribution in [1.29, 1.82) is 0 Å². The maximum absolute atomic E-state index is 12.1. The number of carbonyl (C=O) groups excluding carboxylic acids is 1. The number of Topliss-reactive ketones (excluding diaryl/α,β-unsaturated/α-hetero) is 1. The molecule has 0 saturated heterocycles. The second-order valence-corrected chi connectivity index (χ2v) is 5.19. The highest BCUT2D eigenvalue weighted by Crippen LogP contribution is 2.25. The number of nitrogen functional groups attached to an aromatic ring is 1. The fraction of sp³-hybridized carbons (Fsp3) is 0.286. The molecule has 3 nitrogen and oxygen atoms in total. The van der Waals surface area contributed by atoms with E-state index in [-0.39, 0.29) is 5.78 Å². The predicted octanol–water partition coefficient (Wildman–Crippen LogP) is 3.05. The third kappa shape index (κ3) is 2.13. The number of aromatic nitrogens is 1. The van der Waals surface area contributed by atoms with Crippen LogP contribution in [0.4, 0.5) is 5.69 Å². The molecular weight excluding hydrogens is 212 g/mol. The summed E-state index contributed by atoms with van der Waals surface area (Å²) in [6.45, 7) is 5.63. The van der Waals surface area contributed by atoms with Gasteiger partial charge < -0.3 is 5.73 Å². The summed E-state index contributed by atoms with van der Waals surface area (Å²) >= 11 is 0. The molecule has 2 aromatic rings. The summed E-state index contributed by atoms with van der Waals surface area (Å²) in [4.78, 5) is 16.5. The van der Waals surface area contributed by atoms with Gasteiger partial charge in [0.2, 0.25) is 0 Å². The highest BCUT2D eigenvalue weighted by atomic mass is 16.1. The monoisotopic (exact) mass is 228 g/mol. The average Bonchev–Trinajstić information content (AvgIpc) is 2.27. The van der Waals surface area contributed by atoms with Crippen molar-refractivity contribution < 1.29 is 4.79 Å². The number of nitrogens with two attached hydrogens (primary N) is 1. The van der Waals surface area contributed by atoms with E-state index in [1.807, 2.05) is 45.0 Å². The molecule has 0 bridgehead atoms. The molecule has 0 aliphatic carbocycles. The number of anilines is 1. The lowest BCUT2D eigenvalue weighted by Crippen LogP contribution is -2.21. The summed E-state index contributed by atoms with van der Waals surface area (Å²) in [6.07, 6.45) is 0. The molecule has 1 aromatic carbocycles. The van der Waals surface area contributed by atoms with Crippen molar-refractivity contribution in [3.8, 4) is 0 Å². The fourth-order valence-electron chi connectivity index (χ4n) is 1.70. The van der Waals surface area contributed by atoms with E-state index in [0.717, 1.165) is 10.9 Å². The third-order valence-electron chi connectivity index (χ3n) is 2.66. The van der Waals surface area contributed by atoms with Crippen LogP contribution in [0.15, 0.2) is 30.3 Å². The van der Waals surface area contributed by atoms with Gasteiger partial charge in [0.15, 0.2) is 5.78 Å². The van der Waals surface area contributed by atoms with E-state index in [2.05, 4.69) is 4.98 Å². The van der Waals surface area contributed by atoms with Crippen LogP contribution in [0.3, 0.4) is 0 Å². The summed E-state index contributed by atoms with van der Waals surface area (Å²) < 4.78 is 0. The van der Waals surface area contributed by atoms with Gasteiger partial charge in [-0.05, 0) is 12.1 Å². The highest BCUT2D eigenvalue weighted by Gasteiger charge is 2.24. The highest BCUT2D eigenvalue weighted by molar-refractivity contribution is 6.02. The molecule has 0 saturated carbocycles. The second kappa shape index (κ2) is 3.84. The fourth-order valence-corrected chi connectivity index (χ4v) is 1.70. The van der Waals surface area contributed by atoms with Crippen LogP contribution < -0.4 is 5.73 Å². The van der Waals surface area contributed by atoms with Gasteiger partial charge in [-0.15, -0.1) is 0 Å². The smallest absolute Gasteiger partial charge is 0.186 e. The van der Waals surface area contributed by atoms with Gasteiger partial charge in [0.05, 0.1) is 5.52 Å². The van der Waals surface area contributed by atoms with Crippen molar-refractivity contribution in [2.45, 2.75) is 20.8 Å². The first-order valence-corrected chi connectivity index (χ1v) is 5.59. The van der Waals surface area contributed by atoms with Crippen molar-refractivity contribution in [1.82, 2.24) is 4.98 Å². The van der Waals surface area contributed by atoms with Gasteiger partial charge in [0.1, 0.15) is 5.69 Å². The van der Waals surface area contributed by atoms with Crippen LogP contribution in [0.1, 0.15) is 31.3 Å². The second-order valence-electron chi connectivity index (χ2n) is 5.19. The average molecular weight is 228 g/mol. The molecule has 0 fully saturated rings. The van der Waals surface area contributed by atoms with Crippen LogP contribution in [0.2, 0.25) is 0 Å². The van der Waals surface area contributed by atoms with E-state index in [9.17, 15) is 4.79 Å². The molecule has 0 aliphatic rings. The molecule has 0 aliphatic heterocycles. The molecule has 0 atom stereocenters. The molecule has 88 valence electrons.